The van der Waals surface area contributed by atoms with Gasteiger partial charge in [0.15, 0.2) is 0 Å². The molecule has 3 rings (SSSR count). The van der Waals surface area contributed by atoms with Crippen LogP contribution >= 0.6 is 0 Å². The number of benzene rings is 1. The molecule has 1 aromatic carbocycles. The summed E-state index contributed by atoms with van der Waals surface area (Å²) in [6.45, 7) is 9.06. The molecule has 150 valence electrons. The van der Waals surface area contributed by atoms with Gasteiger partial charge in [0.05, 0.1) is 11.7 Å². The van der Waals surface area contributed by atoms with E-state index in [0.717, 1.165) is 22.5 Å². The Hall–Kier alpha value is -2.83. The molecule has 1 aromatic heterocycles. The van der Waals surface area contributed by atoms with Gasteiger partial charge in [0.1, 0.15) is 5.60 Å². The van der Waals surface area contributed by atoms with Crippen molar-refractivity contribution >= 4 is 17.7 Å². The van der Waals surface area contributed by atoms with Gasteiger partial charge in [-0.2, -0.15) is 5.10 Å². The van der Waals surface area contributed by atoms with Crippen molar-refractivity contribution in [2.24, 2.45) is 7.05 Å². The van der Waals surface area contributed by atoms with Crippen LogP contribution < -0.4 is 10.2 Å². The Morgan fingerprint density at radius 2 is 1.96 bits per heavy atom. The van der Waals surface area contributed by atoms with Crippen LogP contribution in [-0.2, 0) is 16.6 Å². The number of carbonyl (C=O) groups excluding carboxylic acids is 2. The lowest BCUT2D eigenvalue weighted by atomic mass is 9.90. The molecule has 2 heterocycles. The Bertz CT molecular complexity index is 897. The highest BCUT2D eigenvalue weighted by molar-refractivity contribution is 5.94. The molecule has 0 aliphatic carbocycles. The Labute approximate surface area is 165 Å². The summed E-state index contributed by atoms with van der Waals surface area (Å²) in [5.74, 6) is -0.0160. The van der Waals surface area contributed by atoms with E-state index in [-0.39, 0.29) is 18.0 Å². The predicted molar refractivity (Wildman–Crippen MR) is 108 cm³/mol. The van der Waals surface area contributed by atoms with Crippen molar-refractivity contribution in [2.75, 3.05) is 4.90 Å². The number of nitrogens with zero attached hydrogens (tertiary/aromatic N) is 3. The fraction of sp³-hybridized carbons (Fsp3) is 0.476. The number of fused-ring (bicyclic) bond motifs is 1. The second-order valence-electron chi connectivity index (χ2n) is 8.29. The van der Waals surface area contributed by atoms with E-state index < -0.39 is 11.7 Å². The smallest absolute Gasteiger partial charge is 0.408 e. The average Bonchev–Trinajstić information content (AvgIpc) is 2.98. The molecule has 1 N–H and O–H groups in total. The van der Waals surface area contributed by atoms with Gasteiger partial charge >= 0.3 is 6.09 Å². The van der Waals surface area contributed by atoms with Crippen molar-refractivity contribution in [3.8, 4) is 11.3 Å². The molecule has 0 fully saturated rings. The van der Waals surface area contributed by atoms with Gasteiger partial charge in [-0.05, 0) is 57.9 Å². The Morgan fingerprint density at radius 1 is 1.25 bits per heavy atom. The lowest BCUT2D eigenvalue weighted by molar-refractivity contribution is -0.117. The van der Waals surface area contributed by atoms with E-state index in [1.807, 2.05) is 59.0 Å². The number of amides is 2. The van der Waals surface area contributed by atoms with Crippen LogP contribution in [0.25, 0.3) is 11.3 Å². The minimum absolute atomic E-state index is 0.0160. The fourth-order valence-corrected chi connectivity index (χ4v) is 3.75. The van der Waals surface area contributed by atoms with Gasteiger partial charge < -0.3 is 15.0 Å². The van der Waals surface area contributed by atoms with Crippen molar-refractivity contribution in [2.45, 2.75) is 58.7 Å². The van der Waals surface area contributed by atoms with Crippen LogP contribution in [0.4, 0.5) is 10.5 Å². The molecule has 28 heavy (non-hydrogen) atoms. The van der Waals surface area contributed by atoms with Gasteiger partial charge in [0.2, 0.25) is 5.91 Å². The van der Waals surface area contributed by atoms with Gasteiger partial charge in [-0.15, -0.1) is 0 Å². The number of hydrogen-bond donors (Lipinski definition) is 1. The molecule has 0 radical (unpaired) electrons. The number of aromatic nitrogens is 2. The molecule has 2 aromatic rings. The lowest BCUT2D eigenvalue weighted by Crippen LogP contribution is -2.46. The predicted octanol–water partition coefficient (Wildman–Crippen LogP) is 3.80. The van der Waals surface area contributed by atoms with Gasteiger partial charge in [0, 0.05) is 37.5 Å². The number of hydrogen-bond acceptors (Lipinski definition) is 4. The van der Waals surface area contributed by atoms with Crippen LogP contribution in [0.15, 0.2) is 30.5 Å². The first-order valence-electron chi connectivity index (χ1n) is 9.48. The SMILES string of the molecule is CC(=O)N1c2ccc(-c3ccnn3C)cc2C(NC(=O)OC(C)(C)C)CC1C. The van der Waals surface area contributed by atoms with E-state index in [4.69, 9.17) is 4.74 Å². The van der Waals surface area contributed by atoms with E-state index in [1.165, 1.54) is 0 Å². The number of nitrogens with one attached hydrogen (secondary N) is 1. The Morgan fingerprint density at radius 3 is 2.54 bits per heavy atom. The zero-order valence-corrected chi connectivity index (χ0v) is 17.3. The molecule has 1 aliphatic rings. The third-order valence-corrected chi connectivity index (χ3v) is 4.83. The highest BCUT2D eigenvalue weighted by Gasteiger charge is 2.34. The van der Waals surface area contributed by atoms with Crippen molar-refractivity contribution in [3.05, 3.63) is 36.0 Å². The molecule has 1 aliphatic heterocycles. The number of ether oxygens (including phenoxy) is 1. The highest BCUT2D eigenvalue weighted by Crippen LogP contribution is 2.39. The number of alkyl carbamates (subject to hydrolysis) is 1. The maximum Gasteiger partial charge on any atom is 0.408 e. The first kappa shape index (κ1) is 19.9. The summed E-state index contributed by atoms with van der Waals surface area (Å²) in [4.78, 5) is 26.4. The standard InChI is InChI=1S/C21H28N4O3/c1-13-11-17(23-20(27)28-21(3,4)5)16-12-15(18-9-10-22-24(18)6)7-8-19(16)25(13)14(2)26/h7-10,12-13,17H,11H2,1-6H3,(H,23,27). The van der Waals surface area contributed by atoms with Crippen LogP contribution in [0.2, 0.25) is 0 Å². The van der Waals surface area contributed by atoms with E-state index >= 15 is 0 Å². The normalized spacial score (nSPS) is 19.1. The van der Waals surface area contributed by atoms with Crippen LogP contribution in [0.5, 0.6) is 0 Å². The number of anilines is 1. The second-order valence-corrected chi connectivity index (χ2v) is 8.29. The van der Waals surface area contributed by atoms with E-state index in [9.17, 15) is 9.59 Å². The lowest BCUT2D eigenvalue weighted by Gasteiger charge is -2.39. The van der Waals surface area contributed by atoms with Crippen LogP contribution in [0, 0.1) is 0 Å². The average molecular weight is 384 g/mol. The summed E-state index contributed by atoms with van der Waals surface area (Å²) in [6.07, 6.45) is 1.90. The van der Waals surface area contributed by atoms with Crippen LogP contribution in [0.1, 0.15) is 52.6 Å². The highest BCUT2D eigenvalue weighted by atomic mass is 16.6. The zero-order chi connectivity index (χ0) is 20.6. The van der Waals surface area contributed by atoms with Crippen LogP contribution in [-0.4, -0.2) is 33.4 Å². The number of rotatable bonds is 2. The monoisotopic (exact) mass is 384 g/mol. The van der Waals surface area contributed by atoms with Gasteiger partial charge in [-0.25, -0.2) is 4.79 Å². The maximum atomic E-state index is 12.4. The molecule has 0 saturated carbocycles. The molecule has 0 spiro atoms. The third-order valence-electron chi connectivity index (χ3n) is 4.83. The fourth-order valence-electron chi connectivity index (χ4n) is 3.75. The summed E-state index contributed by atoms with van der Waals surface area (Å²) in [5.41, 5.74) is 3.09. The van der Waals surface area contributed by atoms with E-state index in [0.29, 0.717) is 6.42 Å². The van der Waals surface area contributed by atoms with Gasteiger partial charge in [-0.3, -0.25) is 9.48 Å². The number of aryl methyl sites for hydroxylation is 1. The summed E-state index contributed by atoms with van der Waals surface area (Å²) in [7, 11) is 1.88. The van der Waals surface area contributed by atoms with Crippen molar-refractivity contribution in [3.63, 3.8) is 0 Å². The van der Waals surface area contributed by atoms with Crippen LogP contribution in [0.3, 0.4) is 0 Å². The molecule has 7 nitrogen and oxygen atoms in total. The van der Waals surface area contributed by atoms with Gasteiger partial charge in [-0.1, -0.05) is 6.07 Å². The quantitative estimate of drug-likeness (QED) is 0.854. The first-order valence-corrected chi connectivity index (χ1v) is 9.48. The Balaban J connectivity index is 2.01. The summed E-state index contributed by atoms with van der Waals surface area (Å²) in [5, 5.41) is 7.22. The molecule has 7 heteroatoms. The molecular weight excluding hydrogens is 356 g/mol. The summed E-state index contributed by atoms with van der Waals surface area (Å²) in [6, 6.07) is 7.60. The number of carbonyl (C=O) groups is 2. The molecular formula is C21H28N4O3. The minimum atomic E-state index is -0.574. The van der Waals surface area contributed by atoms with Crippen molar-refractivity contribution < 1.29 is 14.3 Å². The van der Waals surface area contributed by atoms with Crippen molar-refractivity contribution in [1.82, 2.24) is 15.1 Å². The third kappa shape index (κ3) is 4.03. The topological polar surface area (TPSA) is 76.5 Å². The maximum absolute atomic E-state index is 12.4. The largest absolute Gasteiger partial charge is 0.444 e. The zero-order valence-electron chi connectivity index (χ0n) is 17.3. The molecule has 0 saturated heterocycles. The molecule has 2 amide bonds. The first-order chi connectivity index (χ1) is 13.1. The molecule has 0 bridgehead atoms. The Kier molecular flexibility index (Phi) is 5.19. The van der Waals surface area contributed by atoms with E-state index in [2.05, 4.69) is 10.4 Å². The summed E-state index contributed by atoms with van der Waals surface area (Å²) >= 11 is 0. The minimum Gasteiger partial charge on any atom is -0.444 e. The summed E-state index contributed by atoms with van der Waals surface area (Å²) < 4.78 is 7.24. The molecule has 2 atom stereocenters. The molecule has 2 unspecified atom stereocenters. The second kappa shape index (κ2) is 7.30. The van der Waals surface area contributed by atoms with E-state index in [1.54, 1.807) is 22.7 Å². The van der Waals surface area contributed by atoms with Gasteiger partial charge in [0.25, 0.3) is 0 Å². The van der Waals surface area contributed by atoms with Crippen molar-refractivity contribution in [1.29, 1.82) is 0 Å².